The number of hydrogen-bond donors (Lipinski definition) is 4. The number of rotatable bonds is 15. The summed E-state index contributed by atoms with van der Waals surface area (Å²) in [4.78, 5) is 76.6. The molecule has 0 aromatic rings. The first-order valence-electron chi connectivity index (χ1n) is 23.0. The Kier molecular flexibility index (Phi) is 13.1. The molecule has 4 N–H and O–H groups in total. The zero-order chi connectivity index (χ0) is 44.2. The smallest absolute Gasteiger partial charge is 0.303 e. The normalized spacial score (nSPS) is 31.0. The van der Waals surface area contributed by atoms with E-state index in [1.807, 2.05) is 20.8 Å². The van der Waals surface area contributed by atoms with Crippen molar-refractivity contribution in [2.75, 3.05) is 26.2 Å². The Morgan fingerprint density at radius 2 is 1.48 bits per heavy atom. The molecule has 0 aromatic heterocycles. The van der Waals surface area contributed by atoms with Crippen LogP contribution in [0.3, 0.4) is 0 Å². The molecule has 6 rings (SSSR count). The van der Waals surface area contributed by atoms with Crippen molar-refractivity contribution in [1.29, 1.82) is 0 Å². The molecule has 1 unspecified atom stereocenters. The Balaban J connectivity index is 1.28. The maximum absolute atomic E-state index is 15.3. The monoisotopic (exact) mass is 858 g/mol. The van der Waals surface area contributed by atoms with Gasteiger partial charge in [-0.05, 0) is 93.9 Å². The van der Waals surface area contributed by atoms with Gasteiger partial charge in [0.05, 0.1) is 6.04 Å². The Labute approximate surface area is 359 Å². The Bertz CT molecular complexity index is 1800. The van der Waals surface area contributed by atoms with Crippen LogP contribution in [0.4, 0.5) is 0 Å². The summed E-state index contributed by atoms with van der Waals surface area (Å²) in [5, 5.41) is 9.31. The van der Waals surface area contributed by atoms with Gasteiger partial charge >= 0.3 is 10.2 Å². The second-order valence-corrected chi connectivity index (χ2v) is 22.6. The fraction of sp³-hybridized carbons (Fsp3) is 0.844. The van der Waals surface area contributed by atoms with E-state index >= 15 is 4.79 Å². The van der Waals surface area contributed by atoms with Crippen LogP contribution in [0.2, 0.25) is 0 Å². The molecule has 2 aliphatic heterocycles. The highest BCUT2D eigenvalue weighted by atomic mass is 32.2. The molecule has 7 atom stereocenters. The van der Waals surface area contributed by atoms with Crippen LogP contribution >= 0.6 is 0 Å². The Morgan fingerprint density at radius 3 is 2.00 bits per heavy atom. The maximum atomic E-state index is 15.3. The van der Waals surface area contributed by atoms with Gasteiger partial charge in [0.15, 0.2) is 0 Å². The average molecular weight is 858 g/mol. The average Bonchev–Trinajstić information content (AvgIpc) is 3.90. The predicted octanol–water partition coefficient (Wildman–Crippen LogP) is 4.41. The lowest BCUT2D eigenvalue weighted by Crippen LogP contribution is -2.63. The predicted molar refractivity (Wildman–Crippen MR) is 231 cm³/mol. The van der Waals surface area contributed by atoms with Gasteiger partial charge in [0.1, 0.15) is 23.7 Å². The lowest BCUT2D eigenvalue weighted by atomic mass is 9.73. The molecular formula is C45H75N7O7S. The summed E-state index contributed by atoms with van der Waals surface area (Å²) in [5.41, 5.74) is -2.83. The van der Waals surface area contributed by atoms with E-state index in [1.54, 1.807) is 24.8 Å². The number of hydrogen-bond acceptors (Lipinski definition) is 8. The van der Waals surface area contributed by atoms with Crippen LogP contribution < -0.4 is 20.7 Å². The van der Waals surface area contributed by atoms with Gasteiger partial charge in [-0.15, -0.1) is 6.58 Å². The third kappa shape index (κ3) is 7.94. The van der Waals surface area contributed by atoms with E-state index in [9.17, 15) is 27.6 Å². The number of fused-ring (bicyclic) bond motifs is 1. The molecule has 2 heterocycles. The molecule has 338 valence electrons. The molecule has 0 aromatic carbocycles. The summed E-state index contributed by atoms with van der Waals surface area (Å²) in [6, 6.07) is -2.95. The van der Waals surface area contributed by atoms with E-state index in [-0.39, 0.29) is 71.5 Å². The quantitative estimate of drug-likeness (QED) is 0.175. The van der Waals surface area contributed by atoms with E-state index in [1.165, 1.54) is 0 Å². The van der Waals surface area contributed by atoms with Gasteiger partial charge in [-0.3, -0.25) is 28.9 Å². The summed E-state index contributed by atoms with van der Waals surface area (Å²) in [7, 11) is -4.17. The minimum Gasteiger partial charge on any atom is -0.343 e. The van der Waals surface area contributed by atoms with Gasteiger partial charge in [0.2, 0.25) is 23.6 Å². The minimum atomic E-state index is -4.17. The van der Waals surface area contributed by atoms with Gasteiger partial charge in [0, 0.05) is 37.0 Å². The fourth-order valence-corrected chi connectivity index (χ4v) is 13.5. The highest BCUT2D eigenvalue weighted by molar-refractivity contribution is 7.87. The molecule has 2 spiro atoms. The Morgan fingerprint density at radius 1 is 0.850 bits per heavy atom. The van der Waals surface area contributed by atoms with Crippen LogP contribution in [0.1, 0.15) is 146 Å². The van der Waals surface area contributed by atoms with E-state index in [2.05, 4.69) is 59.8 Å². The second kappa shape index (κ2) is 16.9. The van der Waals surface area contributed by atoms with Crippen molar-refractivity contribution in [2.45, 2.75) is 182 Å². The lowest BCUT2D eigenvalue weighted by Gasteiger charge is -2.40. The number of amides is 5. The number of piperidine rings is 1. The summed E-state index contributed by atoms with van der Waals surface area (Å²) in [6.45, 7) is 23.1. The van der Waals surface area contributed by atoms with Crippen molar-refractivity contribution in [3.8, 4) is 0 Å². The molecule has 4 aliphatic carbocycles. The van der Waals surface area contributed by atoms with Gasteiger partial charge in [-0.1, -0.05) is 86.6 Å². The maximum Gasteiger partial charge on any atom is 0.303 e. The van der Waals surface area contributed by atoms with Crippen LogP contribution in [0, 0.1) is 33.5 Å². The zero-order valence-corrected chi connectivity index (χ0v) is 38.8. The molecule has 4 saturated carbocycles. The molecule has 0 bridgehead atoms. The number of carbonyl (C=O) groups is 5. The first-order chi connectivity index (χ1) is 28.1. The van der Waals surface area contributed by atoms with Crippen molar-refractivity contribution in [2.24, 2.45) is 33.5 Å². The SMILES string of the molecule is C=C[C@@H]1C[C@]1(NC(=O)[C@@H]1C[C@@]2(CN1C(=O)[C@@H](NC(=O)C(NC(=O)[C@@H]1CCCCN1C(C)C)C1CCCCC1)C(C)(C)C)C(C)(C)C21CCC1)C(=O)NS(=O)(=O)N(CC)CC. The third-order valence-electron chi connectivity index (χ3n) is 16.3. The lowest BCUT2D eigenvalue weighted by molar-refractivity contribution is -0.145. The largest absolute Gasteiger partial charge is 0.343 e. The van der Waals surface area contributed by atoms with Gasteiger partial charge in [0.25, 0.3) is 5.91 Å². The first kappa shape index (κ1) is 46.5. The molecule has 2 saturated heterocycles. The number of nitrogens with zero attached hydrogens (tertiary/aromatic N) is 3. The highest BCUT2D eigenvalue weighted by Crippen LogP contribution is 2.88. The van der Waals surface area contributed by atoms with E-state index in [4.69, 9.17) is 0 Å². The molecule has 14 nitrogen and oxygen atoms in total. The molecule has 6 fully saturated rings. The van der Waals surface area contributed by atoms with Crippen LogP contribution in [0.25, 0.3) is 0 Å². The standard InChI is InChI=1S/C45H75N7O7S/c1-11-31-26-45(31,40(57)49-60(58,59)50(12-2)13-3)48-37(54)33-27-44(42(9,10)43(44)23-19-24-43)28-52(33)39(56)35(41(6,7)8)47-38(55)34(30-20-15-14-16-21-30)46-36(53)32-22-17-18-25-51(32)29(4)5/h11,29-35H,1,12-28H2,2-10H3,(H,46,53)(H,47,55)(H,48,54)(H,49,57)/t31-,32+,33+,34?,35-,44-,45-/m1/s1. The van der Waals surface area contributed by atoms with E-state index in [0.29, 0.717) is 13.0 Å². The van der Waals surface area contributed by atoms with Crippen LogP contribution in [0.15, 0.2) is 12.7 Å². The molecule has 5 amide bonds. The zero-order valence-electron chi connectivity index (χ0n) is 38.0. The van der Waals surface area contributed by atoms with Crippen molar-refractivity contribution in [3.05, 3.63) is 12.7 Å². The van der Waals surface area contributed by atoms with Gasteiger partial charge in [-0.2, -0.15) is 12.7 Å². The molecule has 0 radical (unpaired) electrons. The molecule has 6 aliphatic rings. The van der Waals surface area contributed by atoms with Crippen molar-refractivity contribution >= 4 is 39.7 Å². The molecular weight excluding hydrogens is 783 g/mol. The number of carbonyl (C=O) groups excluding carboxylic acids is 5. The van der Waals surface area contributed by atoms with E-state index in [0.717, 1.165) is 81.5 Å². The topological polar surface area (TPSA) is 177 Å². The third-order valence-corrected chi connectivity index (χ3v) is 18.0. The van der Waals surface area contributed by atoms with Gasteiger partial charge in [-0.25, -0.2) is 4.72 Å². The summed E-state index contributed by atoms with van der Waals surface area (Å²) >= 11 is 0. The second-order valence-electron chi connectivity index (χ2n) is 20.9. The number of likely N-dealkylation sites (tertiary alicyclic amines) is 2. The van der Waals surface area contributed by atoms with Crippen LogP contribution in [-0.2, 0) is 34.2 Å². The molecule has 60 heavy (non-hydrogen) atoms. The summed E-state index contributed by atoms with van der Waals surface area (Å²) in [6.07, 6.45) is 12.5. The fourth-order valence-electron chi connectivity index (χ4n) is 12.3. The van der Waals surface area contributed by atoms with E-state index < -0.39 is 57.0 Å². The summed E-state index contributed by atoms with van der Waals surface area (Å²) in [5.74, 6) is -2.84. The molecule has 15 heteroatoms. The van der Waals surface area contributed by atoms with Crippen molar-refractivity contribution in [3.63, 3.8) is 0 Å². The highest BCUT2D eigenvalue weighted by Gasteiger charge is 2.85. The number of nitrogens with one attached hydrogen (secondary N) is 4. The minimum absolute atomic E-state index is 0.0243. The summed E-state index contributed by atoms with van der Waals surface area (Å²) < 4.78 is 29.7. The first-order valence-corrected chi connectivity index (χ1v) is 24.5. The van der Waals surface area contributed by atoms with Crippen molar-refractivity contribution in [1.82, 2.24) is 34.8 Å². The van der Waals surface area contributed by atoms with Crippen LogP contribution in [0.5, 0.6) is 0 Å². The van der Waals surface area contributed by atoms with Crippen LogP contribution in [-0.4, -0.2) is 114 Å². The van der Waals surface area contributed by atoms with Crippen molar-refractivity contribution < 1.29 is 32.4 Å². The Hall–Kier alpha value is -3.04. The van der Waals surface area contributed by atoms with Gasteiger partial charge < -0.3 is 20.9 Å².